The van der Waals surface area contributed by atoms with Crippen molar-refractivity contribution in [1.82, 2.24) is 4.98 Å². The smallest absolute Gasteiger partial charge is 0.131 e. The van der Waals surface area contributed by atoms with Crippen LogP contribution in [0, 0.1) is 11.8 Å². The van der Waals surface area contributed by atoms with Gasteiger partial charge in [0, 0.05) is 29.3 Å². The van der Waals surface area contributed by atoms with E-state index in [2.05, 4.69) is 33.6 Å². The lowest BCUT2D eigenvalue weighted by atomic mass is 10.2. The molecule has 0 aromatic carbocycles. The molecule has 2 N–H and O–H groups in total. The number of aliphatic hydroxyl groups excluding tert-OH is 1. The third-order valence-corrected chi connectivity index (χ3v) is 5.06. The Balaban J connectivity index is 1.92. The summed E-state index contributed by atoms with van der Waals surface area (Å²) in [5, 5.41) is 16.7. The molecule has 3 aromatic rings. The number of rotatable bonds is 4. The number of hydrogen-bond acceptors (Lipinski definition) is 5. The Morgan fingerprint density at radius 3 is 3.05 bits per heavy atom. The Morgan fingerprint density at radius 1 is 1.36 bits per heavy atom. The van der Waals surface area contributed by atoms with Crippen molar-refractivity contribution in [3.05, 3.63) is 44.6 Å². The van der Waals surface area contributed by atoms with Crippen molar-refractivity contribution >= 4 is 50.2 Å². The number of pyridine rings is 1. The average Bonchev–Trinajstić information content (AvgIpc) is 3.15. The highest BCUT2D eigenvalue weighted by molar-refractivity contribution is 7.18. The average molecular weight is 349 g/mol. The predicted molar refractivity (Wildman–Crippen MR) is 94.9 cm³/mol. The Hall–Kier alpha value is -1.58. The van der Waals surface area contributed by atoms with E-state index in [4.69, 9.17) is 16.7 Å². The second-order valence-corrected chi connectivity index (χ2v) is 6.83. The van der Waals surface area contributed by atoms with Crippen molar-refractivity contribution in [3.63, 3.8) is 0 Å². The number of thiophene rings is 2. The summed E-state index contributed by atoms with van der Waals surface area (Å²) < 4.78 is 1.05. The van der Waals surface area contributed by atoms with Crippen LogP contribution in [0.25, 0.3) is 10.2 Å². The third kappa shape index (κ3) is 3.42. The van der Waals surface area contributed by atoms with E-state index in [1.165, 1.54) is 4.88 Å². The molecule has 112 valence electrons. The number of nitrogens with one attached hydrogen (secondary N) is 1. The van der Waals surface area contributed by atoms with Gasteiger partial charge in [-0.1, -0.05) is 29.5 Å². The number of aromatic nitrogens is 1. The maximum Gasteiger partial charge on any atom is 0.131 e. The van der Waals surface area contributed by atoms with Gasteiger partial charge in [-0.3, -0.25) is 0 Å². The van der Waals surface area contributed by atoms with Gasteiger partial charge in [-0.15, -0.1) is 22.7 Å². The number of nitrogens with zero attached hydrogens (tertiary/aromatic N) is 1. The van der Waals surface area contributed by atoms with E-state index >= 15 is 0 Å². The topological polar surface area (TPSA) is 45.1 Å². The van der Waals surface area contributed by atoms with Crippen molar-refractivity contribution in [2.75, 3.05) is 11.9 Å². The van der Waals surface area contributed by atoms with E-state index in [0.29, 0.717) is 11.6 Å². The zero-order chi connectivity index (χ0) is 15.4. The van der Waals surface area contributed by atoms with Gasteiger partial charge in [-0.05, 0) is 11.4 Å². The summed E-state index contributed by atoms with van der Waals surface area (Å²) in [5.41, 5.74) is 2.65. The first-order valence-electron chi connectivity index (χ1n) is 6.71. The van der Waals surface area contributed by atoms with Crippen molar-refractivity contribution in [3.8, 4) is 11.8 Å². The van der Waals surface area contributed by atoms with Crippen LogP contribution in [-0.4, -0.2) is 16.7 Å². The molecule has 0 unspecified atom stereocenters. The number of fused-ring (bicyclic) bond motifs is 1. The molecule has 3 heterocycles. The SMILES string of the molecule is OCCC#Cc1csc2c(NCc3cccs3)cc(Cl)nc12. The molecular formula is C16H13ClN2OS2. The normalized spacial score (nSPS) is 10.5. The highest BCUT2D eigenvalue weighted by Crippen LogP contribution is 2.33. The van der Waals surface area contributed by atoms with E-state index in [-0.39, 0.29) is 6.61 Å². The zero-order valence-electron chi connectivity index (χ0n) is 11.6. The summed E-state index contributed by atoms with van der Waals surface area (Å²) in [6.45, 7) is 0.827. The fourth-order valence-corrected chi connectivity index (χ4v) is 3.78. The van der Waals surface area contributed by atoms with E-state index in [1.54, 1.807) is 22.7 Å². The molecule has 0 saturated carbocycles. The van der Waals surface area contributed by atoms with Crippen LogP contribution in [0.5, 0.6) is 0 Å². The fourth-order valence-electron chi connectivity index (χ4n) is 2.01. The second kappa shape index (κ2) is 7.12. The van der Waals surface area contributed by atoms with Crippen LogP contribution in [0.4, 0.5) is 5.69 Å². The molecule has 0 bridgehead atoms. The van der Waals surface area contributed by atoms with Crippen LogP contribution >= 0.6 is 34.3 Å². The van der Waals surface area contributed by atoms with Crippen molar-refractivity contribution in [2.45, 2.75) is 13.0 Å². The summed E-state index contributed by atoms with van der Waals surface area (Å²) in [4.78, 5) is 5.66. The zero-order valence-corrected chi connectivity index (χ0v) is 14.0. The Bertz CT molecular complexity index is 831. The molecule has 0 fully saturated rings. The molecule has 0 saturated heterocycles. The Kier molecular flexibility index (Phi) is 4.96. The summed E-state index contributed by atoms with van der Waals surface area (Å²) in [5.74, 6) is 5.97. The Labute approximate surface area is 141 Å². The lowest BCUT2D eigenvalue weighted by Gasteiger charge is -2.06. The molecule has 0 aliphatic carbocycles. The first-order valence-corrected chi connectivity index (χ1v) is 8.85. The van der Waals surface area contributed by atoms with Crippen molar-refractivity contribution < 1.29 is 5.11 Å². The van der Waals surface area contributed by atoms with Gasteiger partial charge in [0.25, 0.3) is 0 Å². The van der Waals surface area contributed by atoms with Crippen LogP contribution in [0.1, 0.15) is 16.9 Å². The van der Waals surface area contributed by atoms with Crippen LogP contribution in [-0.2, 0) is 6.54 Å². The molecule has 3 rings (SSSR count). The molecule has 0 aliphatic rings. The van der Waals surface area contributed by atoms with Crippen LogP contribution in [0.15, 0.2) is 29.0 Å². The van der Waals surface area contributed by atoms with Gasteiger partial charge in [-0.25, -0.2) is 4.98 Å². The lowest BCUT2D eigenvalue weighted by Crippen LogP contribution is -1.98. The maximum absolute atomic E-state index is 8.81. The highest BCUT2D eigenvalue weighted by Gasteiger charge is 2.10. The molecular weight excluding hydrogens is 336 g/mol. The van der Waals surface area contributed by atoms with E-state index in [1.807, 2.05) is 17.5 Å². The van der Waals surface area contributed by atoms with Crippen LogP contribution in [0.3, 0.4) is 0 Å². The maximum atomic E-state index is 8.81. The second-order valence-electron chi connectivity index (χ2n) is 4.53. The quantitative estimate of drug-likeness (QED) is 0.544. The summed E-state index contributed by atoms with van der Waals surface area (Å²) in [7, 11) is 0. The minimum Gasteiger partial charge on any atom is -0.395 e. The van der Waals surface area contributed by atoms with E-state index < -0.39 is 0 Å². The van der Waals surface area contributed by atoms with Crippen LogP contribution < -0.4 is 5.32 Å². The molecule has 0 amide bonds. The minimum atomic E-state index is 0.0663. The van der Waals surface area contributed by atoms with Gasteiger partial charge in [0.2, 0.25) is 0 Å². The molecule has 6 heteroatoms. The Morgan fingerprint density at radius 2 is 2.27 bits per heavy atom. The largest absolute Gasteiger partial charge is 0.395 e. The van der Waals surface area contributed by atoms with Crippen molar-refractivity contribution in [1.29, 1.82) is 0 Å². The highest BCUT2D eigenvalue weighted by atomic mass is 35.5. The van der Waals surface area contributed by atoms with Gasteiger partial charge in [0.05, 0.1) is 22.6 Å². The number of anilines is 1. The monoisotopic (exact) mass is 348 g/mol. The van der Waals surface area contributed by atoms with Crippen molar-refractivity contribution in [2.24, 2.45) is 0 Å². The summed E-state index contributed by atoms with van der Waals surface area (Å²) >= 11 is 9.46. The van der Waals surface area contributed by atoms with Crippen LogP contribution in [0.2, 0.25) is 5.15 Å². The number of halogens is 1. The third-order valence-electron chi connectivity index (χ3n) is 2.98. The first-order chi connectivity index (χ1) is 10.8. The minimum absolute atomic E-state index is 0.0663. The summed E-state index contributed by atoms with van der Waals surface area (Å²) in [6.07, 6.45) is 0.460. The van der Waals surface area contributed by atoms with Gasteiger partial charge < -0.3 is 10.4 Å². The van der Waals surface area contributed by atoms with E-state index in [9.17, 15) is 0 Å². The van der Waals surface area contributed by atoms with Gasteiger partial charge in [0.1, 0.15) is 10.7 Å². The molecule has 0 spiro atoms. The molecule has 3 aromatic heterocycles. The van der Waals surface area contributed by atoms with Gasteiger partial charge >= 0.3 is 0 Å². The standard InChI is InChI=1S/C16H13ClN2OS2/c17-14-8-13(18-9-12-5-3-7-21-12)16-15(19-14)11(10-22-16)4-1-2-6-20/h3,5,7-8,10,20H,2,6,9H2,(H,18,19). The summed E-state index contributed by atoms with van der Waals surface area (Å²) in [6, 6.07) is 5.98. The molecule has 0 atom stereocenters. The first kappa shape index (κ1) is 15.3. The molecule has 0 radical (unpaired) electrons. The number of aliphatic hydroxyl groups is 1. The number of hydrogen-bond donors (Lipinski definition) is 2. The fraction of sp³-hybridized carbons (Fsp3) is 0.188. The molecule has 22 heavy (non-hydrogen) atoms. The van der Waals surface area contributed by atoms with Gasteiger partial charge in [0.15, 0.2) is 0 Å². The van der Waals surface area contributed by atoms with Gasteiger partial charge in [-0.2, -0.15) is 0 Å². The lowest BCUT2D eigenvalue weighted by molar-refractivity contribution is 0.305. The molecule has 0 aliphatic heterocycles. The van der Waals surface area contributed by atoms with E-state index in [0.717, 1.165) is 28.0 Å². The molecule has 3 nitrogen and oxygen atoms in total. The predicted octanol–water partition coefficient (Wildman–Crippen LogP) is 4.36.